The second-order valence-electron chi connectivity index (χ2n) is 8.13. The Morgan fingerprint density at radius 2 is 1.93 bits per heavy atom. The van der Waals surface area contributed by atoms with Crippen LogP contribution in [0.2, 0.25) is 0 Å². The van der Waals surface area contributed by atoms with Crippen LogP contribution in [0.5, 0.6) is 5.75 Å². The molecule has 1 aliphatic heterocycles. The highest BCUT2D eigenvalue weighted by atomic mass is 19.1. The summed E-state index contributed by atoms with van der Waals surface area (Å²) >= 11 is 0. The van der Waals surface area contributed by atoms with E-state index in [4.69, 9.17) is 4.74 Å². The van der Waals surface area contributed by atoms with Crippen LogP contribution in [0.25, 0.3) is 0 Å². The average molecular weight is 394 g/mol. The van der Waals surface area contributed by atoms with Gasteiger partial charge >= 0.3 is 5.97 Å². The minimum atomic E-state index is -1.32. The zero-order valence-electron chi connectivity index (χ0n) is 16.4. The van der Waals surface area contributed by atoms with Crippen molar-refractivity contribution in [3.63, 3.8) is 0 Å². The van der Waals surface area contributed by atoms with Crippen LogP contribution in [-0.2, 0) is 14.4 Å². The van der Waals surface area contributed by atoms with Crippen molar-refractivity contribution in [2.75, 3.05) is 13.1 Å². The minimum absolute atomic E-state index is 0.0810. The number of hydrogen-bond acceptors (Lipinski definition) is 4. The summed E-state index contributed by atoms with van der Waals surface area (Å²) in [6, 6.07) is 4.34. The van der Waals surface area contributed by atoms with E-state index in [1.807, 2.05) is 20.8 Å². The molecule has 154 valence electrons. The van der Waals surface area contributed by atoms with Crippen molar-refractivity contribution in [3.8, 4) is 5.75 Å². The van der Waals surface area contributed by atoms with Crippen LogP contribution in [0, 0.1) is 11.2 Å². The smallest absolute Gasteiger partial charge is 0.346 e. The van der Waals surface area contributed by atoms with Gasteiger partial charge in [0.05, 0.1) is 6.54 Å². The molecule has 1 heterocycles. The van der Waals surface area contributed by atoms with Crippen LogP contribution in [0.4, 0.5) is 4.39 Å². The Labute approximate surface area is 163 Å². The van der Waals surface area contributed by atoms with Crippen LogP contribution in [0.1, 0.15) is 40.0 Å². The summed E-state index contributed by atoms with van der Waals surface area (Å²) in [5.74, 6) is -2.01. The molecule has 1 aromatic carbocycles. The molecule has 2 unspecified atom stereocenters. The van der Waals surface area contributed by atoms with Gasteiger partial charge < -0.3 is 20.1 Å². The fourth-order valence-electron chi connectivity index (χ4n) is 3.06. The first-order valence-corrected chi connectivity index (χ1v) is 9.29. The standard InChI is InChI=1S/C20H27FN2O5/c1-20(2,3)11-17(24)23-10-4-5-15(23)18(25)22-12-16(19(26)27)28-14-8-6-13(21)7-9-14/h6-9,15-16H,4-5,10-12H2,1-3H3,(H,22,25)(H,26,27). The van der Waals surface area contributed by atoms with E-state index in [0.717, 1.165) is 18.6 Å². The van der Waals surface area contributed by atoms with Crippen molar-refractivity contribution < 1.29 is 28.6 Å². The van der Waals surface area contributed by atoms with Gasteiger partial charge in [0.15, 0.2) is 0 Å². The van der Waals surface area contributed by atoms with E-state index < -0.39 is 29.8 Å². The molecular weight excluding hydrogens is 367 g/mol. The van der Waals surface area contributed by atoms with Crippen LogP contribution in [0.15, 0.2) is 24.3 Å². The fraction of sp³-hybridized carbons (Fsp3) is 0.550. The third-order valence-corrected chi connectivity index (χ3v) is 4.39. The number of ether oxygens (including phenoxy) is 1. The molecule has 0 spiro atoms. The highest BCUT2D eigenvalue weighted by Crippen LogP contribution is 2.25. The van der Waals surface area contributed by atoms with E-state index in [0.29, 0.717) is 19.4 Å². The molecule has 2 amide bonds. The zero-order valence-corrected chi connectivity index (χ0v) is 16.4. The molecule has 1 aliphatic rings. The number of aliphatic carboxylic acids is 1. The largest absolute Gasteiger partial charge is 0.478 e. The Morgan fingerprint density at radius 1 is 1.29 bits per heavy atom. The average Bonchev–Trinajstić information content (AvgIpc) is 3.08. The predicted molar refractivity (Wildman–Crippen MR) is 100 cm³/mol. The molecule has 0 aromatic heterocycles. The normalized spacial score (nSPS) is 17.9. The van der Waals surface area contributed by atoms with Gasteiger partial charge in [-0.05, 0) is 42.5 Å². The van der Waals surface area contributed by atoms with Gasteiger partial charge in [-0.15, -0.1) is 0 Å². The van der Waals surface area contributed by atoms with Crippen molar-refractivity contribution >= 4 is 17.8 Å². The van der Waals surface area contributed by atoms with Gasteiger partial charge in [0.2, 0.25) is 17.9 Å². The van der Waals surface area contributed by atoms with Gasteiger partial charge in [-0.2, -0.15) is 0 Å². The van der Waals surface area contributed by atoms with E-state index in [1.54, 1.807) is 4.90 Å². The number of rotatable bonds is 7. The maximum absolute atomic E-state index is 13.0. The number of nitrogens with one attached hydrogen (secondary N) is 1. The summed E-state index contributed by atoms with van der Waals surface area (Å²) in [5, 5.41) is 11.9. The Hall–Kier alpha value is -2.64. The van der Waals surface area contributed by atoms with Crippen molar-refractivity contribution in [2.45, 2.75) is 52.2 Å². The molecule has 2 N–H and O–H groups in total. The van der Waals surface area contributed by atoms with E-state index in [9.17, 15) is 23.9 Å². The van der Waals surface area contributed by atoms with Gasteiger partial charge in [0.25, 0.3) is 0 Å². The van der Waals surface area contributed by atoms with Crippen LogP contribution >= 0.6 is 0 Å². The van der Waals surface area contributed by atoms with E-state index >= 15 is 0 Å². The molecule has 0 saturated carbocycles. The molecule has 28 heavy (non-hydrogen) atoms. The summed E-state index contributed by atoms with van der Waals surface area (Å²) in [5.41, 5.74) is -0.182. The molecular formula is C20H27FN2O5. The maximum atomic E-state index is 13.0. The van der Waals surface area contributed by atoms with E-state index in [1.165, 1.54) is 12.1 Å². The number of carboxylic acids is 1. The quantitative estimate of drug-likeness (QED) is 0.739. The Kier molecular flexibility index (Phi) is 6.99. The predicted octanol–water partition coefficient (Wildman–Crippen LogP) is 2.20. The first kappa shape index (κ1) is 21.7. The summed E-state index contributed by atoms with van der Waals surface area (Å²) in [4.78, 5) is 38.0. The Balaban J connectivity index is 1.95. The number of benzene rings is 1. The monoisotopic (exact) mass is 394 g/mol. The highest BCUT2D eigenvalue weighted by molar-refractivity contribution is 5.88. The molecule has 1 aromatic rings. The number of carbonyl (C=O) groups excluding carboxylic acids is 2. The zero-order chi connectivity index (χ0) is 20.9. The molecule has 0 bridgehead atoms. The van der Waals surface area contributed by atoms with Crippen LogP contribution in [-0.4, -0.2) is 53.0 Å². The van der Waals surface area contributed by atoms with Gasteiger partial charge in [0.1, 0.15) is 17.6 Å². The lowest BCUT2D eigenvalue weighted by Crippen LogP contribution is -2.49. The number of hydrogen-bond donors (Lipinski definition) is 2. The number of halogens is 1. The second kappa shape index (κ2) is 9.03. The SMILES string of the molecule is CC(C)(C)CC(=O)N1CCCC1C(=O)NCC(Oc1ccc(F)cc1)C(=O)O. The molecule has 1 fully saturated rings. The van der Waals surface area contributed by atoms with Gasteiger partial charge in [-0.1, -0.05) is 20.8 Å². The molecule has 0 aliphatic carbocycles. The summed E-state index contributed by atoms with van der Waals surface area (Å²) in [7, 11) is 0. The first-order valence-electron chi connectivity index (χ1n) is 9.29. The second-order valence-corrected chi connectivity index (χ2v) is 8.13. The molecule has 8 heteroatoms. The topological polar surface area (TPSA) is 95.9 Å². The fourth-order valence-corrected chi connectivity index (χ4v) is 3.06. The highest BCUT2D eigenvalue weighted by Gasteiger charge is 2.35. The number of nitrogens with zero attached hydrogens (tertiary/aromatic N) is 1. The van der Waals surface area contributed by atoms with Crippen molar-refractivity contribution in [3.05, 3.63) is 30.1 Å². The summed E-state index contributed by atoms with van der Waals surface area (Å²) in [6.07, 6.45) is 0.276. The Bertz CT molecular complexity index is 714. The van der Waals surface area contributed by atoms with Crippen molar-refractivity contribution in [1.29, 1.82) is 0 Å². The van der Waals surface area contributed by atoms with Gasteiger partial charge in [-0.25, -0.2) is 9.18 Å². The lowest BCUT2D eigenvalue weighted by atomic mass is 9.91. The van der Waals surface area contributed by atoms with Gasteiger partial charge in [-0.3, -0.25) is 9.59 Å². The van der Waals surface area contributed by atoms with Crippen molar-refractivity contribution in [2.24, 2.45) is 5.41 Å². The molecule has 2 atom stereocenters. The number of likely N-dealkylation sites (tertiary alicyclic amines) is 1. The third kappa shape index (κ3) is 6.21. The number of carbonyl (C=O) groups is 3. The third-order valence-electron chi connectivity index (χ3n) is 4.39. The number of amides is 2. The summed E-state index contributed by atoms with van der Waals surface area (Å²) in [6.45, 7) is 6.13. The molecule has 7 nitrogen and oxygen atoms in total. The molecule has 2 rings (SSSR count). The lowest BCUT2D eigenvalue weighted by Gasteiger charge is -2.28. The maximum Gasteiger partial charge on any atom is 0.346 e. The summed E-state index contributed by atoms with van der Waals surface area (Å²) < 4.78 is 18.3. The Morgan fingerprint density at radius 3 is 2.50 bits per heavy atom. The lowest BCUT2D eigenvalue weighted by molar-refractivity contribution is -0.145. The first-order chi connectivity index (χ1) is 13.1. The van der Waals surface area contributed by atoms with Gasteiger partial charge in [0, 0.05) is 13.0 Å². The van der Waals surface area contributed by atoms with Crippen LogP contribution in [0.3, 0.4) is 0 Å². The van der Waals surface area contributed by atoms with E-state index in [-0.39, 0.29) is 23.6 Å². The minimum Gasteiger partial charge on any atom is -0.478 e. The number of carboxylic acid groups (broad SMARTS) is 1. The van der Waals surface area contributed by atoms with Crippen molar-refractivity contribution in [1.82, 2.24) is 10.2 Å². The molecule has 1 saturated heterocycles. The van der Waals surface area contributed by atoms with E-state index in [2.05, 4.69) is 5.32 Å². The molecule has 0 radical (unpaired) electrons. The van der Waals surface area contributed by atoms with Crippen LogP contribution < -0.4 is 10.1 Å².